The summed E-state index contributed by atoms with van der Waals surface area (Å²) in [6.07, 6.45) is 8.39. The maximum atomic E-state index is 5.92. The van der Waals surface area contributed by atoms with Crippen molar-refractivity contribution < 1.29 is 4.42 Å². The number of hydrogen-bond donors (Lipinski definition) is 0. The Morgan fingerprint density at radius 1 is 0.963 bits per heavy atom. The average molecular weight is 433 g/mol. The molecular formula is C21H29BrN4O. The second-order valence-electron chi connectivity index (χ2n) is 7.95. The minimum absolute atomic E-state index is 0.597. The van der Waals surface area contributed by atoms with Crippen LogP contribution in [0.25, 0.3) is 11.5 Å². The quantitative estimate of drug-likeness (QED) is 0.691. The molecule has 1 saturated carbocycles. The zero-order valence-electron chi connectivity index (χ0n) is 15.9. The van der Waals surface area contributed by atoms with Gasteiger partial charge in [-0.25, -0.2) is 0 Å². The van der Waals surface area contributed by atoms with Gasteiger partial charge in [-0.2, -0.15) is 0 Å². The topological polar surface area (TPSA) is 45.4 Å². The highest BCUT2D eigenvalue weighted by atomic mass is 79.9. The molecule has 6 heteroatoms. The lowest BCUT2D eigenvalue weighted by Gasteiger charge is -2.28. The molecular weight excluding hydrogens is 404 g/mol. The van der Waals surface area contributed by atoms with Gasteiger partial charge in [0.25, 0.3) is 0 Å². The van der Waals surface area contributed by atoms with Crippen LogP contribution in [-0.4, -0.2) is 52.7 Å². The van der Waals surface area contributed by atoms with Crippen LogP contribution in [0.5, 0.6) is 0 Å². The molecule has 2 heterocycles. The summed E-state index contributed by atoms with van der Waals surface area (Å²) in [5.74, 6) is 2.24. The molecule has 2 fully saturated rings. The van der Waals surface area contributed by atoms with E-state index in [0.717, 1.165) is 42.1 Å². The van der Waals surface area contributed by atoms with E-state index in [9.17, 15) is 0 Å². The molecule has 4 rings (SSSR count). The Morgan fingerprint density at radius 3 is 2.63 bits per heavy atom. The minimum Gasteiger partial charge on any atom is -0.419 e. The molecule has 0 unspecified atom stereocenters. The Hall–Kier alpha value is -1.24. The van der Waals surface area contributed by atoms with E-state index in [1.165, 1.54) is 51.6 Å². The van der Waals surface area contributed by atoms with Gasteiger partial charge in [0.15, 0.2) is 0 Å². The highest BCUT2D eigenvalue weighted by Crippen LogP contribution is 2.25. The van der Waals surface area contributed by atoms with Crippen LogP contribution in [0.2, 0.25) is 0 Å². The smallest absolute Gasteiger partial charge is 0.247 e. The molecule has 1 saturated heterocycles. The molecule has 1 aliphatic heterocycles. The fraction of sp³-hybridized carbons (Fsp3) is 0.619. The maximum Gasteiger partial charge on any atom is 0.247 e. The largest absolute Gasteiger partial charge is 0.419 e. The third-order valence-corrected chi connectivity index (χ3v) is 6.31. The van der Waals surface area contributed by atoms with Gasteiger partial charge in [0.2, 0.25) is 11.8 Å². The molecule has 27 heavy (non-hydrogen) atoms. The Bertz CT molecular complexity index is 728. The maximum absolute atomic E-state index is 5.92. The molecule has 0 N–H and O–H groups in total. The second kappa shape index (κ2) is 9.30. The number of nitrogens with zero attached hydrogens (tertiary/aromatic N) is 4. The molecule has 5 nitrogen and oxygen atoms in total. The number of benzene rings is 1. The third kappa shape index (κ3) is 5.39. The number of aromatic nitrogens is 2. The minimum atomic E-state index is 0.597. The van der Waals surface area contributed by atoms with E-state index in [1.54, 1.807) is 0 Å². The normalized spacial score (nSPS) is 20.6. The fourth-order valence-corrected chi connectivity index (χ4v) is 4.75. The summed E-state index contributed by atoms with van der Waals surface area (Å²) in [5.41, 5.74) is 0.956. The van der Waals surface area contributed by atoms with Gasteiger partial charge < -0.3 is 9.32 Å². The molecule has 2 aliphatic rings. The van der Waals surface area contributed by atoms with E-state index in [-0.39, 0.29) is 0 Å². The highest BCUT2D eigenvalue weighted by Gasteiger charge is 2.21. The number of halogens is 1. The monoisotopic (exact) mass is 432 g/mol. The summed E-state index contributed by atoms with van der Waals surface area (Å²) < 4.78 is 6.94. The van der Waals surface area contributed by atoms with Gasteiger partial charge in [-0.3, -0.25) is 4.90 Å². The zero-order chi connectivity index (χ0) is 18.5. The summed E-state index contributed by atoms with van der Waals surface area (Å²) in [7, 11) is 0. The lowest BCUT2D eigenvalue weighted by atomic mass is 9.89. The molecule has 0 radical (unpaired) electrons. The standard InChI is InChI=1S/C21H29BrN4O/c22-19-9-4-8-18(14-19)21-24-23-20(27-21)16-26-11-5-10-25(12-13-26)15-17-6-2-1-3-7-17/h4,8-9,14,17H,1-3,5-7,10-13,15-16H2. The van der Waals surface area contributed by atoms with Crippen LogP contribution in [-0.2, 0) is 6.54 Å². The van der Waals surface area contributed by atoms with Crippen LogP contribution >= 0.6 is 15.9 Å². The Labute approximate surface area is 170 Å². The van der Waals surface area contributed by atoms with Crippen molar-refractivity contribution in [3.05, 3.63) is 34.6 Å². The summed E-state index contributed by atoms with van der Waals surface area (Å²) in [5, 5.41) is 8.51. The van der Waals surface area contributed by atoms with E-state index in [4.69, 9.17) is 4.42 Å². The zero-order valence-corrected chi connectivity index (χ0v) is 17.5. The first-order valence-corrected chi connectivity index (χ1v) is 11.1. The van der Waals surface area contributed by atoms with Crippen LogP contribution in [0.15, 0.2) is 33.2 Å². The van der Waals surface area contributed by atoms with Gasteiger partial charge in [0.1, 0.15) is 0 Å². The van der Waals surface area contributed by atoms with Gasteiger partial charge in [0, 0.05) is 29.7 Å². The van der Waals surface area contributed by atoms with Gasteiger partial charge >= 0.3 is 0 Å². The predicted molar refractivity (Wildman–Crippen MR) is 110 cm³/mol. The first-order chi connectivity index (χ1) is 13.3. The summed E-state index contributed by atoms with van der Waals surface area (Å²) in [4.78, 5) is 5.13. The highest BCUT2D eigenvalue weighted by molar-refractivity contribution is 9.10. The molecule has 0 bridgehead atoms. The van der Waals surface area contributed by atoms with E-state index >= 15 is 0 Å². The predicted octanol–water partition coefficient (Wildman–Crippen LogP) is 4.59. The van der Waals surface area contributed by atoms with Crippen molar-refractivity contribution in [1.82, 2.24) is 20.0 Å². The van der Waals surface area contributed by atoms with Crippen LogP contribution < -0.4 is 0 Å². The molecule has 1 aromatic carbocycles. The van der Waals surface area contributed by atoms with E-state index < -0.39 is 0 Å². The molecule has 0 atom stereocenters. The Morgan fingerprint density at radius 2 is 1.78 bits per heavy atom. The second-order valence-corrected chi connectivity index (χ2v) is 8.86. The van der Waals surface area contributed by atoms with E-state index in [0.29, 0.717) is 11.8 Å². The Balaban J connectivity index is 1.30. The SMILES string of the molecule is Brc1cccc(-c2nnc(CN3CCCN(CC4CCCCC4)CC3)o2)c1. The van der Waals surface area contributed by atoms with Crippen molar-refractivity contribution in [3.8, 4) is 11.5 Å². The molecule has 2 aromatic rings. The number of rotatable bonds is 5. The van der Waals surface area contributed by atoms with Crippen molar-refractivity contribution in [2.75, 3.05) is 32.7 Å². The van der Waals surface area contributed by atoms with Gasteiger partial charge in [0.05, 0.1) is 6.54 Å². The van der Waals surface area contributed by atoms with Crippen LogP contribution in [0, 0.1) is 5.92 Å². The average Bonchev–Trinajstić information content (AvgIpc) is 3.04. The van der Waals surface area contributed by atoms with Crippen molar-refractivity contribution in [1.29, 1.82) is 0 Å². The lowest BCUT2D eigenvalue weighted by Crippen LogP contribution is -2.34. The van der Waals surface area contributed by atoms with Crippen molar-refractivity contribution in [2.45, 2.75) is 45.1 Å². The first kappa shape index (κ1) is 19.1. The van der Waals surface area contributed by atoms with Crippen molar-refractivity contribution in [3.63, 3.8) is 0 Å². The molecule has 1 aromatic heterocycles. The van der Waals surface area contributed by atoms with Crippen molar-refractivity contribution in [2.24, 2.45) is 5.92 Å². The lowest BCUT2D eigenvalue weighted by molar-refractivity contribution is 0.196. The summed E-state index contributed by atoms with van der Waals surface area (Å²) >= 11 is 3.49. The molecule has 0 amide bonds. The van der Waals surface area contributed by atoms with E-state index in [1.807, 2.05) is 24.3 Å². The van der Waals surface area contributed by atoms with Crippen molar-refractivity contribution >= 4 is 15.9 Å². The summed E-state index contributed by atoms with van der Waals surface area (Å²) in [6, 6.07) is 7.99. The van der Waals surface area contributed by atoms with Gasteiger partial charge in [-0.1, -0.05) is 41.3 Å². The van der Waals surface area contributed by atoms with Gasteiger partial charge in [-0.05, 0) is 56.5 Å². The number of hydrogen-bond acceptors (Lipinski definition) is 5. The first-order valence-electron chi connectivity index (χ1n) is 10.3. The van der Waals surface area contributed by atoms with Gasteiger partial charge in [-0.15, -0.1) is 10.2 Å². The summed E-state index contributed by atoms with van der Waals surface area (Å²) in [6.45, 7) is 6.61. The molecule has 146 valence electrons. The Kier molecular flexibility index (Phi) is 6.58. The molecule has 0 spiro atoms. The third-order valence-electron chi connectivity index (χ3n) is 5.82. The van der Waals surface area contributed by atoms with Crippen LogP contribution in [0.3, 0.4) is 0 Å². The molecule has 1 aliphatic carbocycles. The fourth-order valence-electron chi connectivity index (χ4n) is 4.35. The van der Waals surface area contributed by atoms with E-state index in [2.05, 4.69) is 35.9 Å². The van der Waals surface area contributed by atoms with Crippen LogP contribution in [0.1, 0.15) is 44.4 Å². The van der Waals surface area contributed by atoms with Crippen LogP contribution in [0.4, 0.5) is 0 Å².